The zero-order chi connectivity index (χ0) is 6.81. The van der Waals surface area contributed by atoms with Crippen molar-refractivity contribution in [3.8, 4) is 0 Å². The van der Waals surface area contributed by atoms with Crippen molar-refractivity contribution in [2.75, 3.05) is 13.1 Å². The average molecular weight is 153 g/mol. The summed E-state index contributed by atoms with van der Waals surface area (Å²) in [7, 11) is 0. The van der Waals surface area contributed by atoms with E-state index in [1.165, 1.54) is 19.5 Å². The maximum absolute atomic E-state index is 3.37. The van der Waals surface area contributed by atoms with Crippen molar-refractivity contribution in [3.05, 3.63) is 22.4 Å². The minimum Gasteiger partial charge on any atom is -0.316 e. The second kappa shape index (κ2) is 2.72. The Labute approximate surface area is 65.1 Å². The fourth-order valence-electron chi connectivity index (χ4n) is 1.42. The van der Waals surface area contributed by atoms with Crippen LogP contribution in [0.2, 0.25) is 0 Å². The Kier molecular flexibility index (Phi) is 1.74. The molecule has 1 aliphatic heterocycles. The van der Waals surface area contributed by atoms with Crippen LogP contribution in [0.3, 0.4) is 0 Å². The Hall–Kier alpha value is -0.340. The van der Waals surface area contributed by atoms with Gasteiger partial charge < -0.3 is 5.32 Å². The molecule has 2 rings (SSSR count). The first-order valence-electron chi connectivity index (χ1n) is 3.71. The van der Waals surface area contributed by atoms with Gasteiger partial charge in [-0.15, -0.1) is 11.3 Å². The van der Waals surface area contributed by atoms with Crippen molar-refractivity contribution in [2.45, 2.75) is 12.3 Å². The topological polar surface area (TPSA) is 12.0 Å². The molecule has 2 heterocycles. The molecule has 1 aromatic rings. The van der Waals surface area contributed by atoms with Gasteiger partial charge in [0.1, 0.15) is 0 Å². The predicted octanol–water partition coefficient (Wildman–Crippen LogP) is 1.82. The minimum absolute atomic E-state index is 0.806. The van der Waals surface area contributed by atoms with E-state index in [1.807, 2.05) is 11.3 Å². The molecule has 0 spiro atoms. The molecule has 0 radical (unpaired) electrons. The van der Waals surface area contributed by atoms with E-state index in [1.54, 1.807) is 4.88 Å². The Morgan fingerprint density at radius 1 is 1.60 bits per heavy atom. The number of thiophene rings is 1. The number of hydrogen-bond acceptors (Lipinski definition) is 2. The second-order valence-electron chi connectivity index (χ2n) is 2.71. The van der Waals surface area contributed by atoms with Crippen molar-refractivity contribution in [3.63, 3.8) is 0 Å². The molecule has 0 bridgehead atoms. The molecular weight excluding hydrogens is 142 g/mol. The van der Waals surface area contributed by atoms with Crippen LogP contribution >= 0.6 is 11.3 Å². The average Bonchev–Trinajstić information content (AvgIpc) is 2.59. The third-order valence-electron chi connectivity index (χ3n) is 2.01. The summed E-state index contributed by atoms with van der Waals surface area (Å²) in [6, 6.07) is 4.38. The van der Waals surface area contributed by atoms with Crippen LogP contribution in [0.25, 0.3) is 0 Å². The van der Waals surface area contributed by atoms with Gasteiger partial charge >= 0.3 is 0 Å². The molecule has 1 nitrogen and oxygen atoms in total. The van der Waals surface area contributed by atoms with E-state index in [4.69, 9.17) is 0 Å². The summed E-state index contributed by atoms with van der Waals surface area (Å²) in [6.45, 7) is 2.38. The summed E-state index contributed by atoms with van der Waals surface area (Å²) in [5.41, 5.74) is 0. The molecule has 0 aromatic carbocycles. The molecule has 0 amide bonds. The highest BCUT2D eigenvalue weighted by Gasteiger charge is 2.16. The van der Waals surface area contributed by atoms with Gasteiger partial charge in [0, 0.05) is 17.3 Å². The summed E-state index contributed by atoms with van der Waals surface area (Å²) in [5, 5.41) is 5.53. The Balaban J connectivity index is 2.12. The minimum atomic E-state index is 0.806. The molecule has 2 heteroatoms. The molecule has 1 aliphatic rings. The van der Waals surface area contributed by atoms with E-state index in [0.717, 1.165) is 5.92 Å². The summed E-state index contributed by atoms with van der Waals surface area (Å²) >= 11 is 1.88. The predicted molar refractivity (Wildman–Crippen MR) is 44.5 cm³/mol. The van der Waals surface area contributed by atoms with E-state index in [2.05, 4.69) is 22.8 Å². The Bertz CT molecular complexity index is 187. The first-order chi connectivity index (χ1) is 4.97. The fraction of sp³-hybridized carbons (Fsp3) is 0.500. The number of hydrogen-bond donors (Lipinski definition) is 1. The van der Waals surface area contributed by atoms with Crippen molar-refractivity contribution < 1.29 is 0 Å². The molecule has 1 aromatic heterocycles. The van der Waals surface area contributed by atoms with Gasteiger partial charge in [-0.1, -0.05) is 6.07 Å². The molecule has 1 saturated heterocycles. The molecule has 54 valence electrons. The van der Waals surface area contributed by atoms with Gasteiger partial charge in [0.25, 0.3) is 0 Å². The standard InChI is InChI=1S/C8H11NS/c1-2-8(10-5-1)7-3-4-9-6-7/h1-2,5,7,9H,3-4,6H2. The van der Waals surface area contributed by atoms with Crippen molar-refractivity contribution in [1.82, 2.24) is 5.32 Å². The van der Waals surface area contributed by atoms with Gasteiger partial charge in [0.05, 0.1) is 0 Å². The Morgan fingerprint density at radius 2 is 2.60 bits per heavy atom. The van der Waals surface area contributed by atoms with Crippen LogP contribution in [0.4, 0.5) is 0 Å². The van der Waals surface area contributed by atoms with Gasteiger partial charge in [-0.2, -0.15) is 0 Å². The van der Waals surface area contributed by atoms with E-state index in [-0.39, 0.29) is 0 Å². The first-order valence-corrected chi connectivity index (χ1v) is 4.59. The highest BCUT2D eigenvalue weighted by Crippen LogP contribution is 2.25. The van der Waals surface area contributed by atoms with Crippen LogP contribution in [0, 0.1) is 0 Å². The third kappa shape index (κ3) is 1.09. The smallest absolute Gasteiger partial charge is 0.00893 e. The van der Waals surface area contributed by atoms with Crippen LogP contribution in [0.15, 0.2) is 17.5 Å². The maximum Gasteiger partial charge on any atom is 0.00893 e. The summed E-state index contributed by atoms with van der Waals surface area (Å²) in [4.78, 5) is 1.55. The fourth-order valence-corrected chi connectivity index (χ4v) is 2.29. The highest BCUT2D eigenvalue weighted by molar-refractivity contribution is 7.10. The van der Waals surface area contributed by atoms with Gasteiger partial charge in [0.2, 0.25) is 0 Å². The number of rotatable bonds is 1. The summed E-state index contributed by atoms with van der Waals surface area (Å²) in [6.07, 6.45) is 1.32. The lowest BCUT2D eigenvalue weighted by atomic mass is 10.1. The number of nitrogens with one attached hydrogen (secondary N) is 1. The third-order valence-corrected chi connectivity index (χ3v) is 3.04. The largest absolute Gasteiger partial charge is 0.316 e. The van der Waals surface area contributed by atoms with Crippen LogP contribution in [-0.2, 0) is 0 Å². The normalized spacial score (nSPS) is 25.4. The molecule has 1 atom stereocenters. The maximum atomic E-state index is 3.37. The molecule has 0 saturated carbocycles. The second-order valence-corrected chi connectivity index (χ2v) is 3.68. The summed E-state index contributed by atoms with van der Waals surface area (Å²) < 4.78 is 0. The van der Waals surface area contributed by atoms with Crippen molar-refractivity contribution in [1.29, 1.82) is 0 Å². The van der Waals surface area contributed by atoms with Gasteiger partial charge in [-0.3, -0.25) is 0 Å². The highest BCUT2D eigenvalue weighted by atomic mass is 32.1. The van der Waals surface area contributed by atoms with Gasteiger partial charge in [-0.25, -0.2) is 0 Å². The quantitative estimate of drug-likeness (QED) is 0.649. The molecule has 0 aliphatic carbocycles. The SMILES string of the molecule is c1csc(C2CCNC2)c1. The van der Waals surface area contributed by atoms with Crippen LogP contribution in [-0.4, -0.2) is 13.1 Å². The molecular formula is C8H11NS. The molecule has 1 N–H and O–H groups in total. The lowest BCUT2D eigenvalue weighted by molar-refractivity contribution is 0.779. The molecule has 1 fully saturated rings. The zero-order valence-corrected chi connectivity index (χ0v) is 6.66. The van der Waals surface area contributed by atoms with Crippen molar-refractivity contribution >= 4 is 11.3 Å². The van der Waals surface area contributed by atoms with E-state index in [0.29, 0.717) is 0 Å². The lowest BCUT2D eigenvalue weighted by Gasteiger charge is -2.02. The summed E-state index contributed by atoms with van der Waals surface area (Å²) in [5.74, 6) is 0.806. The van der Waals surface area contributed by atoms with Crippen LogP contribution in [0.1, 0.15) is 17.2 Å². The Morgan fingerprint density at radius 3 is 3.20 bits per heavy atom. The monoisotopic (exact) mass is 153 g/mol. The van der Waals surface area contributed by atoms with Crippen molar-refractivity contribution in [2.24, 2.45) is 0 Å². The van der Waals surface area contributed by atoms with Crippen LogP contribution in [0.5, 0.6) is 0 Å². The molecule has 1 unspecified atom stereocenters. The van der Waals surface area contributed by atoms with E-state index >= 15 is 0 Å². The lowest BCUT2D eigenvalue weighted by Crippen LogP contribution is -2.07. The zero-order valence-electron chi connectivity index (χ0n) is 5.84. The molecule has 10 heavy (non-hydrogen) atoms. The van der Waals surface area contributed by atoms with Gasteiger partial charge in [-0.05, 0) is 24.4 Å². The van der Waals surface area contributed by atoms with Crippen LogP contribution < -0.4 is 5.32 Å². The van der Waals surface area contributed by atoms with E-state index in [9.17, 15) is 0 Å². The van der Waals surface area contributed by atoms with E-state index < -0.39 is 0 Å². The van der Waals surface area contributed by atoms with Gasteiger partial charge in [0.15, 0.2) is 0 Å². The first kappa shape index (κ1) is 6.38.